The van der Waals surface area contributed by atoms with Gasteiger partial charge >= 0.3 is 0 Å². The number of ether oxygens (including phenoxy) is 1. The van der Waals surface area contributed by atoms with E-state index in [0.717, 1.165) is 16.9 Å². The van der Waals surface area contributed by atoms with Gasteiger partial charge in [-0.3, -0.25) is 14.9 Å². The summed E-state index contributed by atoms with van der Waals surface area (Å²) in [5.74, 6) is 0.195. The van der Waals surface area contributed by atoms with Crippen LogP contribution in [-0.2, 0) is 9.59 Å². The monoisotopic (exact) mass is 233 g/mol. The standard InChI is InChI=1S/C13H15NO3/c1-8-7-9(3-5-11(8)17-2)10-4-6-12(15)14-13(10)16/h3,5,7,10H,4,6H2,1-2H3,(H,14,15,16). The van der Waals surface area contributed by atoms with Gasteiger partial charge in [0.05, 0.1) is 13.0 Å². The summed E-state index contributed by atoms with van der Waals surface area (Å²) in [6.45, 7) is 1.94. The summed E-state index contributed by atoms with van der Waals surface area (Å²) < 4.78 is 5.18. The largest absolute Gasteiger partial charge is 0.496 e. The van der Waals surface area contributed by atoms with E-state index < -0.39 is 0 Å². The zero-order chi connectivity index (χ0) is 12.4. The number of nitrogens with one attached hydrogen (secondary N) is 1. The van der Waals surface area contributed by atoms with Crippen LogP contribution in [0.15, 0.2) is 18.2 Å². The van der Waals surface area contributed by atoms with E-state index in [9.17, 15) is 9.59 Å². The Morgan fingerprint density at radius 3 is 2.71 bits per heavy atom. The second kappa shape index (κ2) is 4.57. The zero-order valence-electron chi connectivity index (χ0n) is 9.95. The molecule has 1 atom stereocenters. The molecule has 4 nitrogen and oxygen atoms in total. The molecule has 1 aromatic rings. The molecule has 17 heavy (non-hydrogen) atoms. The molecule has 1 saturated heterocycles. The lowest BCUT2D eigenvalue weighted by Crippen LogP contribution is -2.39. The molecular weight excluding hydrogens is 218 g/mol. The molecule has 1 heterocycles. The van der Waals surface area contributed by atoms with Crippen molar-refractivity contribution in [3.63, 3.8) is 0 Å². The molecule has 1 aromatic carbocycles. The third kappa shape index (κ3) is 2.30. The average molecular weight is 233 g/mol. The summed E-state index contributed by atoms with van der Waals surface area (Å²) in [5.41, 5.74) is 1.93. The minimum Gasteiger partial charge on any atom is -0.496 e. The normalized spacial score (nSPS) is 20.0. The third-order valence-electron chi connectivity index (χ3n) is 3.06. The molecule has 0 aliphatic carbocycles. The fourth-order valence-corrected chi connectivity index (χ4v) is 2.13. The van der Waals surface area contributed by atoms with Crippen molar-refractivity contribution >= 4 is 11.8 Å². The molecule has 1 aliphatic heterocycles. The molecule has 90 valence electrons. The Hall–Kier alpha value is -1.84. The van der Waals surface area contributed by atoms with Crippen LogP contribution in [0.2, 0.25) is 0 Å². The minimum absolute atomic E-state index is 0.184. The van der Waals surface area contributed by atoms with Crippen LogP contribution in [0.4, 0.5) is 0 Å². The number of hydrogen-bond acceptors (Lipinski definition) is 3. The Balaban J connectivity index is 2.25. The van der Waals surface area contributed by atoms with E-state index in [1.54, 1.807) is 7.11 Å². The maximum atomic E-state index is 11.7. The van der Waals surface area contributed by atoms with E-state index in [0.29, 0.717) is 12.8 Å². The van der Waals surface area contributed by atoms with Crippen molar-refractivity contribution in [2.45, 2.75) is 25.7 Å². The van der Waals surface area contributed by atoms with Crippen molar-refractivity contribution in [1.82, 2.24) is 5.32 Å². The number of rotatable bonds is 2. The highest BCUT2D eigenvalue weighted by molar-refractivity contribution is 6.00. The van der Waals surface area contributed by atoms with Gasteiger partial charge in [0, 0.05) is 6.42 Å². The second-order valence-corrected chi connectivity index (χ2v) is 4.23. The Labute approximate surface area is 100.0 Å². The first kappa shape index (κ1) is 11.6. The molecule has 1 fully saturated rings. The smallest absolute Gasteiger partial charge is 0.234 e. The lowest BCUT2D eigenvalue weighted by Gasteiger charge is -2.21. The fourth-order valence-electron chi connectivity index (χ4n) is 2.13. The molecule has 1 unspecified atom stereocenters. The summed E-state index contributed by atoms with van der Waals surface area (Å²) in [7, 11) is 1.62. The number of carbonyl (C=O) groups excluding carboxylic acids is 2. The summed E-state index contributed by atoms with van der Waals surface area (Å²) in [6.07, 6.45) is 0.984. The van der Waals surface area contributed by atoms with Crippen LogP contribution < -0.4 is 10.1 Å². The second-order valence-electron chi connectivity index (χ2n) is 4.23. The maximum absolute atomic E-state index is 11.7. The fraction of sp³-hybridized carbons (Fsp3) is 0.385. The van der Waals surface area contributed by atoms with Crippen molar-refractivity contribution in [3.8, 4) is 5.75 Å². The van der Waals surface area contributed by atoms with Crippen LogP contribution in [0.25, 0.3) is 0 Å². The number of piperidine rings is 1. The lowest BCUT2D eigenvalue weighted by molar-refractivity contribution is -0.134. The van der Waals surface area contributed by atoms with Crippen LogP contribution >= 0.6 is 0 Å². The van der Waals surface area contributed by atoms with Crippen LogP contribution in [0, 0.1) is 6.92 Å². The number of benzene rings is 1. The summed E-state index contributed by atoms with van der Waals surface area (Å²) in [4.78, 5) is 22.8. The van der Waals surface area contributed by atoms with Crippen LogP contribution in [0.5, 0.6) is 5.75 Å². The molecule has 0 aromatic heterocycles. The maximum Gasteiger partial charge on any atom is 0.234 e. The number of hydrogen-bond donors (Lipinski definition) is 1. The third-order valence-corrected chi connectivity index (χ3v) is 3.06. The van der Waals surface area contributed by atoms with Gasteiger partial charge in [0.25, 0.3) is 0 Å². The molecule has 4 heteroatoms. The summed E-state index contributed by atoms with van der Waals surface area (Å²) in [6, 6.07) is 5.68. The van der Waals surface area contributed by atoms with Gasteiger partial charge in [-0.2, -0.15) is 0 Å². The van der Waals surface area contributed by atoms with E-state index in [4.69, 9.17) is 4.74 Å². The molecule has 0 spiro atoms. The van der Waals surface area contributed by atoms with Crippen molar-refractivity contribution in [2.24, 2.45) is 0 Å². The van der Waals surface area contributed by atoms with Crippen molar-refractivity contribution in [3.05, 3.63) is 29.3 Å². The molecule has 2 amide bonds. The van der Waals surface area contributed by atoms with Crippen LogP contribution in [0.1, 0.15) is 29.9 Å². The topological polar surface area (TPSA) is 55.4 Å². The van der Waals surface area contributed by atoms with E-state index in [2.05, 4.69) is 5.32 Å². The van der Waals surface area contributed by atoms with Crippen LogP contribution in [-0.4, -0.2) is 18.9 Å². The summed E-state index contributed by atoms with van der Waals surface area (Å²) in [5, 5.41) is 2.37. The van der Waals surface area contributed by atoms with Gasteiger partial charge in [-0.25, -0.2) is 0 Å². The van der Waals surface area contributed by atoms with Crippen molar-refractivity contribution < 1.29 is 14.3 Å². The van der Waals surface area contributed by atoms with E-state index in [1.165, 1.54) is 0 Å². The van der Waals surface area contributed by atoms with E-state index in [-0.39, 0.29) is 17.7 Å². The van der Waals surface area contributed by atoms with Crippen molar-refractivity contribution in [1.29, 1.82) is 0 Å². The number of methoxy groups -OCH3 is 1. The van der Waals surface area contributed by atoms with E-state index >= 15 is 0 Å². The number of carbonyl (C=O) groups is 2. The number of aryl methyl sites for hydroxylation is 1. The first-order valence-corrected chi connectivity index (χ1v) is 5.60. The van der Waals surface area contributed by atoms with Gasteiger partial charge in [-0.15, -0.1) is 0 Å². The predicted octanol–water partition coefficient (Wildman–Crippen LogP) is 1.52. The Morgan fingerprint density at radius 1 is 1.35 bits per heavy atom. The minimum atomic E-state index is -0.225. The highest BCUT2D eigenvalue weighted by Gasteiger charge is 2.28. The quantitative estimate of drug-likeness (QED) is 0.788. The first-order valence-electron chi connectivity index (χ1n) is 5.60. The zero-order valence-corrected chi connectivity index (χ0v) is 9.95. The molecule has 1 N–H and O–H groups in total. The average Bonchev–Trinajstić information content (AvgIpc) is 2.29. The predicted molar refractivity (Wildman–Crippen MR) is 62.9 cm³/mol. The number of amides is 2. The number of imide groups is 1. The first-order chi connectivity index (χ1) is 8.11. The molecule has 1 aliphatic rings. The Bertz CT molecular complexity index is 468. The summed E-state index contributed by atoms with van der Waals surface area (Å²) >= 11 is 0. The molecule has 0 radical (unpaired) electrons. The molecule has 0 bridgehead atoms. The van der Waals surface area contributed by atoms with Gasteiger partial charge in [0.1, 0.15) is 5.75 Å². The van der Waals surface area contributed by atoms with Crippen molar-refractivity contribution in [2.75, 3.05) is 7.11 Å². The molecule has 0 saturated carbocycles. The lowest BCUT2D eigenvalue weighted by atomic mass is 9.89. The van der Waals surface area contributed by atoms with Gasteiger partial charge in [-0.1, -0.05) is 12.1 Å². The molecular formula is C13H15NO3. The van der Waals surface area contributed by atoms with Gasteiger partial charge in [0.15, 0.2) is 0 Å². The highest BCUT2D eigenvalue weighted by atomic mass is 16.5. The SMILES string of the molecule is COc1ccc(C2CCC(=O)NC2=O)cc1C. The van der Waals surface area contributed by atoms with Gasteiger partial charge < -0.3 is 4.74 Å². The highest BCUT2D eigenvalue weighted by Crippen LogP contribution is 2.28. The molecule has 2 rings (SSSR count). The van der Waals surface area contributed by atoms with Gasteiger partial charge in [0.2, 0.25) is 11.8 Å². The van der Waals surface area contributed by atoms with E-state index in [1.807, 2.05) is 25.1 Å². The van der Waals surface area contributed by atoms with Crippen LogP contribution in [0.3, 0.4) is 0 Å². The van der Waals surface area contributed by atoms with Gasteiger partial charge in [-0.05, 0) is 30.5 Å². The Kier molecular flexibility index (Phi) is 3.13. The Morgan fingerprint density at radius 2 is 2.12 bits per heavy atom.